The van der Waals surface area contributed by atoms with Gasteiger partial charge in [-0.15, -0.1) is 53.6 Å². The van der Waals surface area contributed by atoms with Crippen molar-refractivity contribution in [1.82, 2.24) is 9.55 Å². The number of anilines is 2. The monoisotopic (exact) mass is 1030 g/mol. The molecule has 0 atom stereocenters. The van der Waals surface area contributed by atoms with Crippen molar-refractivity contribution in [3.8, 4) is 17.3 Å². The maximum Gasteiger partial charge on any atom is 0.135 e. The summed E-state index contributed by atoms with van der Waals surface area (Å²) in [5.74, 6) is 2.11. The Balaban J connectivity index is 0.00000612. The van der Waals surface area contributed by atoms with Crippen LogP contribution in [0.25, 0.3) is 33.3 Å². The number of benzene rings is 5. The molecular formula is C58H65N4OPt-3. The molecule has 0 saturated heterocycles. The average molecular weight is 1030 g/mol. The van der Waals surface area contributed by atoms with Gasteiger partial charge in [0.2, 0.25) is 0 Å². The van der Waals surface area contributed by atoms with E-state index in [1.165, 1.54) is 27.6 Å². The number of nitrogens with zero attached hydrogens (tertiary/aromatic N) is 4. The van der Waals surface area contributed by atoms with Gasteiger partial charge < -0.3 is 19.1 Å². The van der Waals surface area contributed by atoms with Crippen molar-refractivity contribution in [2.45, 2.75) is 131 Å². The molecular weight excluding hydrogens is 964 g/mol. The molecule has 0 radical (unpaired) electrons. The first-order chi connectivity index (χ1) is 29.3. The molecule has 0 unspecified atom stereocenters. The smallest absolute Gasteiger partial charge is 0.135 e. The molecule has 5 aromatic carbocycles. The zero-order valence-corrected chi connectivity index (χ0v) is 42.8. The Bertz CT molecular complexity index is 2840. The van der Waals surface area contributed by atoms with Gasteiger partial charge in [-0.25, -0.2) is 4.98 Å². The Labute approximate surface area is 397 Å². The first kappa shape index (κ1) is 46.9. The summed E-state index contributed by atoms with van der Waals surface area (Å²) in [6.45, 7) is 36.2. The number of aromatic nitrogens is 2. The van der Waals surface area contributed by atoms with E-state index < -0.39 is 0 Å². The minimum Gasteiger partial charge on any atom is -0.509 e. The summed E-state index contributed by atoms with van der Waals surface area (Å²) >= 11 is 0. The van der Waals surface area contributed by atoms with Gasteiger partial charge in [-0.1, -0.05) is 158 Å². The molecule has 3 heterocycles. The summed E-state index contributed by atoms with van der Waals surface area (Å²) in [7, 11) is 0. The van der Waals surface area contributed by atoms with Crippen molar-refractivity contribution < 1.29 is 25.8 Å². The first-order valence-corrected chi connectivity index (χ1v) is 22.4. The van der Waals surface area contributed by atoms with Gasteiger partial charge in [-0.3, -0.25) is 0 Å². The van der Waals surface area contributed by atoms with Gasteiger partial charge in [0.25, 0.3) is 0 Å². The molecule has 336 valence electrons. The third kappa shape index (κ3) is 9.48. The van der Waals surface area contributed by atoms with E-state index in [4.69, 9.17) is 9.72 Å². The van der Waals surface area contributed by atoms with E-state index in [-0.39, 0.29) is 48.1 Å². The van der Waals surface area contributed by atoms with Crippen LogP contribution in [-0.2, 0) is 48.1 Å². The second-order valence-corrected chi connectivity index (χ2v) is 22.6. The predicted octanol–water partition coefficient (Wildman–Crippen LogP) is 15.5. The largest absolute Gasteiger partial charge is 0.509 e. The van der Waals surface area contributed by atoms with Gasteiger partial charge in [-0.05, 0) is 96.8 Å². The Morgan fingerprint density at radius 1 is 0.531 bits per heavy atom. The van der Waals surface area contributed by atoms with Crippen LogP contribution < -0.4 is 14.5 Å². The summed E-state index contributed by atoms with van der Waals surface area (Å²) in [6.07, 6.45) is 4.14. The molecule has 1 aliphatic rings. The summed E-state index contributed by atoms with van der Waals surface area (Å²) in [5.41, 5.74) is 12.3. The maximum atomic E-state index is 6.87. The molecule has 2 aromatic heterocycles. The Morgan fingerprint density at radius 3 is 1.73 bits per heavy atom. The molecule has 1 aliphatic heterocycles. The Morgan fingerprint density at radius 2 is 1.12 bits per heavy atom. The quantitative estimate of drug-likeness (QED) is 0.155. The van der Waals surface area contributed by atoms with Crippen LogP contribution in [-0.4, -0.2) is 9.55 Å². The molecule has 7 aromatic rings. The van der Waals surface area contributed by atoms with E-state index in [0.717, 1.165) is 50.4 Å². The molecule has 0 bridgehead atoms. The van der Waals surface area contributed by atoms with Crippen molar-refractivity contribution in [3.63, 3.8) is 0 Å². The number of hydrogen-bond donors (Lipinski definition) is 0. The third-order valence-corrected chi connectivity index (χ3v) is 12.3. The van der Waals surface area contributed by atoms with Crippen molar-refractivity contribution in [3.05, 3.63) is 168 Å². The van der Waals surface area contributed by atoms with E-state index in [0.29, 0.717) is 11.5 Å². The van der Waals surface area contributed by atoms with Crippen molar-refractivity contribution >= 4 is 38.9 Å². The van der Waals surface area contributed by atoms with Crippen molar-refractivity contribution in [1.29, 1.82) is 0 Å². The number of pyridine rings is 1. The molecule has 0 saturated carbocycles. The van der Waals surface area contributed by atoms with Gasteiger partial charge in [0, 0.05) is 55.7 Å². The third-order valence-electron chi connectivity index (χ3n) is 12.3. The van der Waals surface area contributed by atoms with Crippen LogP contribution in [0.4, 0.5) is 11.4 Å². The fourth-order valence-corrected chi connectivity index (χ4v) is 8.16. The van der Waals surface area contributed by atoms with Gasteiger partial charge >= 0.3 is 0 Å². The van der Waals surface area contributed by atoms with Crippen molar-refractivity contribution in [2.75, 3.05) is 9.80 Å². The molecule has 0 N–H and O–H groups in total. The summed E-state index contributed by atoms with van der Waals surface area (Å²) < 4.78 is 9.11. The SMILES string of the molecule is CC(C)(C)c1cc(Oc2[c-]c3c(cc2)c2cc(C(C)(C)C)ccc2n3-c2cc(C(C)(C)C)ccn2)[c-]c(N2C=C(c3ccccc3)N(c3cc(C(C)(C)C)cc(C(C)(C)C)c3)[CH-]2)c1.[Pt]. The van der Waals surface area contributed by atoms with E-state index in [1.54, 1.807) is 0 Å². The van der Waals surface area contributed by atoms with Crippen LogP contribution in [0, 0.1) is 18.8 Å². The molecule has 64 heavy (non-hydrogen) atoms. The topological polar surface area (TPSA) is 33.5 Å². The van der Waals surface area contributed by atoms with E-state index in [1.807, 2.05) is 12.3 Å². The number of rotatable bonds is 6. The molecule has 0 aliphatic carbocycles. The molecule has 6 heteroatoms. The number of ether oxygens (including phenoxy) is 1. The fraction of sp³-hybridized carbons (Fsp3) is 0.345. The van der Waals surface area contributed by atoms with Crippen LogP contribution in [0.15, 0.2) is 116 Å². The summed E-state index contributed by atoms with van der Waals surface area (Å²) in [4.78, 5) is 9.46. The Hall–Kier alpha value is -5.12. The van der Waals surface area contributed by atoms with Crippen LogP contribution in [0.1, 0.15) is 137 Å². The molecule has 0 spiro atoms. The summed E-state index contributed by atoms with van der Waals surface area (Å²) in [5, 5.41) is 2.28. The first-order valence-electron chi connectivity index (χ1n) is 22.4. The average Bonchev–Trinajstić information content (AvgIpc) is 3.79. The second kappa shape index (κ2) is 16.7. The van der Waals surface area contributed by atoms with Crippen LogP contribution in [0.2, 0.25) is 0 Å². The Kier molecular flexibility index (Phi) is 12.2. The normalized spacial score (nSPS) is 14.0. The minimum atomic E-state index is -0.162. The standard InChI is InChI=1S/C58H65N4O.Pt/c1-54(2,3)39-21-24-50-49(32-39)48-23-22-46(35-51(48)62(50)53-33-40(25-26-59-53)55(4,5)6)63-47-31-43(58(13,14)15)28-44(34-47)60-36-52(38-19-17-16-18-20-38)61(37-60)45-29-41(56(7,8)9)27-42(30-45)57(10,11)12;/h16-33,36-37H,1-15H3;/q-3;. The molecule has 5 nitrogen and oxygen atoms in total. The van der Waals surface area contributed by atoms with E-state index >= 15 is 0 Å². The van der Waals surface area contributed by atoms with Crippen molar-refractivity contribution in [2.24, 2.45) is 0 Å². The number of fused-ring (bicyclic) bond motifs is 3. The zero-order valence-electron chi connectivity index (χ0n) is 40.6. The minimum absolute atomic E-state index is 0. The summed E-state index contributed by atoms with van der Waals surface area (Å²) in [6, 6.07) is 44.9. The predicted molar refractivity (Wildman–Crippen MR) is 266 cm³/mol. The zero-order chi connectivity index (χ0) is 45.4. The van der Waals surface area contributed by atoms with Gasteiger partial charge in [-0.2, -0.15) is 6.07 Å². The van der Waals surface area contributed by atoms with Crippen LogP contribution in [0.5, 0.6) is 11.5 Å². The van der Waals surface area contributed by atoms with Crippen LogP contribution >= 0.6 is 0 Å². The molecule has 0 amide bonds. The molecule has 8 rings (SSSR count). The van der Waals surface area contributed by atoms with Gasteiger partial charge in [0.05, 0.1) is 0 Å². The maximum absolute atomic E-state index is 6.87. The van der Waals surface area contributed by atoms with Gasteiger partial charge in [0.15, 0.2) is 0 Å². The van der Waals surface area contributed by atoms with E-state index in [2.05, 4.69) is 240 Å². The number of hydrogen-bond acceptors (Lipinski definition) is 4. The fourth-order valence-electron chi connectivity index (χ4n) is 8.16. The van der Waals surface area contributed by atoms with Gasteiger partial charge in [0.1, 0.15) is 5.82 Å². The van der Waals surface area contributed by atoms with Crippen LogP contribution in [0.3, 0.4) is 0 Å². The molecule has 0 fully saturated rings. The van der Waals surface area contributed by atoms with E-state index in [9.17, 15) is 0 Å². The second-order valence-electron chi connectivity index (χ2n) is 22.6.